The molecule has 0 spiro atoms. The molecule has 0 N–H and O–H groups in total. The van der Waals surface area contributed by atoms with E-state index in [0.29, 0.717) is 0 Å². The van der Waals surface area contributed by atoms with E-state index in [0.717, 1.165) is 11.4 Å². The Hall–Kier alpha value is -2.22. The molecule has 0 bridgehead atoms. The number of benzene rings is 1. The van der Waals surface area contributed by atoms with Gasteiger partial charge in [-0.1, -0.05) is 42.5 Å². The SMILES string of the molecule is C(=Cc1ccccc1)C=Nc1ccccn1. The van der Waals surface area contributed by atoms with Gasteiger partial charge in [0.05, 0.1) is 0 Å². The first kappa shape index (κ1) is 10.3. The van der Waals surface area contributed by atoms with Gasteiger partial charge in [-0.25, -0.2) is 9.98 Å². The Morgan fingerprint density at radius 1 is 0.938 bits per heavy atom. The number of pyridine rings is 1. The highest BCUT2D eigenvalue weighted by atomic mass is 14.9. The van der Waals surface area contributed by atoms with Crippen LogP contribution in [0.25, 0.3) is 6.08 Å². The molecular formula is C14H12N2. The lowest BCUT2D eigenvalue weighted by Crippen LogP contribution is -1.72. The molecule has 1 aromatic carbocycles. The Balaban J connectivity index is 1.98. The van der Waals surface area contributed by atoms with E-state index in [1.54, 1.807) is 12.4 Å². The van der Waals surface area contributed by atoms with Crippen molar-refractivity contribution in [3.8, 4) is 0 Å². The molecule has 2 rings (SSSR count). The van der Waals surface area contributed by atoms with Gasteiger partial charge in [0.15, 0.2) is 5.82 Å². The summed E-state index contributed by atoms with van der Waals surface area (Å²) >= 11 is 0. The minimum atomic E-state index is 0.722. The summed E-state index contributed by atoms with van der Waals surface area (Å²) in [5.74, 6) is 0.722. The van der Waals surface area contributed by atoms with Gasteiger partial charge in [-0.2, -0.15) is 0 Å². The third-order valence-electron chi connectivity index (χ3n) is 2.03. The van der Waals surface area contributed by atoms with Crippen LogP contribution in [0.2, 0.25) is 0 Å². The highest BCUT2D eigenvalue weighted by molar-refractivity contribution is 5.79. The third kappa shape index (κ3) is 3.17. The van der Waals surface area contributed by atoms with Crippen molar-refractivity contribution in [1.29, 1.82) is 0 Å². The summed E-state index contributed by atoms with van der Waals surface area (Å²) < 4.78 is 0. The van der Waals surface area contributed by atoms with Crippen molar-refractivity contribution in [1.82, 2.24) is 4.98 Å². The van der Waals surface area contributed by atoms with Gasteiger partial charge in [0.1, 0.15) is 0 Å². The fraction of sp³-hybridized carbons (Fsp3) is 0. The summed E-state index contributed by atoms with van der Waals surface area (Å²) in [6, 6.07) is 15.8. The Labute approximate surface area is 95.0 Å². The van der Waals surface area contributed by atoms with Crippen molar-refractivity contribution in [3.05, 3.63) is 66.4 Å². The van der Waals surface area contributed by atoms with E-state index in [2.05, 4.69) is 9.98 Å². The van der Waals surface area contributed by atoms with Gasteiger partial charge in [0.2, 0.25) is 0 Å². The smallest absolute Gasteiger partial charge is 0.151 e. The Morgan fingerprint density at radius 3 is 2.50 bits per heavy atom. The fourth-order valence-corrected chi connectivity index (χ4v) is 1.27. The number of aliphatic imine (C=N–C) groups is 1. The molecule has 2 nitrogen and oxygen atoms in total. The van der Waals surface area contributed by atoms with Crippen molar-refractivity contribution >= 4 is 18.1 Å². The van der Waals surface area contributed by atoms with Crippen molar-refractivity contribution in [2.24, 2.45) is 4.99 Å². The molecule has 1 aromatic heterocycles. The highest BCUT2D eigenvalue weighted by Gasteiger charge is 1.83. The van der Waals surface area contributed by atoms with Crippen molar-refractivity contribution in [2.45, 2.75) is 0 Å². The van der Waals surface area contributed by atoms with Crippen LogP contribution in [-0.2, 0) is 0 Å². The second-order valence-electron chi connectivity index (χ2n) is 3.24. The quantitative estimate of drug-likeness (QED) is 0.709. The van der Waals surface area contributed by atoms with Crippen LogP contribution < -0.4 is 0 Å². The molecule has 0 aliphatic heterocycles. The predicted molar refractivity (Wildman–Crippen MR) is 67.9 cm³/mol. The standard InChI is InChI=1S/C14H12N2/c1-2-7-13(8-3-1)9-6-12-16-14-10-4-5-11-15-14/h1-12H. The van der Waals surface area contributed by atoms with Crippen LogP contribution in [0.3, 0.4) is 0 Å². The first-order chi connectivity index (χ1) is 7.95. The van der Waals surface area contributed by atoms with Gasteiger partial charge < -0.3 is 0 Å². The maximum atomic E-state index is 4.20. The van der Waals surface area contributed by atoms with E-state index in [4.69, 9.17) is 0 Å². The molecule has 0 aliphatic rings. The summed E-state index contributed by atoms with van der Waals surface area (Å²) in [5.41, 5.74) is 1.16. The van der Waals surface area contributed by atoms with E-state index in [-0.39, 0.29) is 0 Å². The van der Waals surface area contributed by atoms with Gasteiger partial charge in [-0.05, 0) is 23.8 Å². The lowest BCUT2D eigenvalue weighted by Gasteiger charge is -1.89. The van der Waals surface area contributed by atoms with Gasteiger partial charge in [-0.3, -0.25) is 0 Å². The molecule has 0 saturated heterocycles. The molecule has 0 aliphatic carbocycles. The second kappa shape index (κ2) is 5.61. The molecule has 0 unspecified atom stereocenters. The number of rotatable bonds is 3. The molecule has 0 saturated carbocycles. The number of nitrogens with zero attached hydrogens (tertiary/aromatic N) is 2. The molecular weight excluding hydrogens is 196 g/mol. The van der Waals surface area contributed by atoms with Crippen LogP contribution in [0.4, 0.5) is 5.82 Å². The molecule has 0 amide bonds. The van der Waals surface area contributed by atoms with E-state index in [9.17, 15) is 0 Å². The molecule has 78 valence electrons. The Bertz CT molecular complexity index is 425. The van der Waals surface area contributed by atoms with Crippen molar-refractivity contribution < 1.29 is 0 Å². The summed E-state index contributed by atoms with van der Waals surface area (Å²) in [5, 5.41) is 0. The van der Waals surface area contributed by atoms with Crippen molar-refractivity contribution in [3.63, 3.8) is 0 Å². The maximum absolute atomic E-state index is 4.20. The van der Waals surface area contributed by atoms with Crippen LogP contribution in [0, 0.1) is 0 Å². The van der Waals surface area contributed by atoms with Crippen molar-refractivity contribution in [2.75, 3.05) is 0 Å². The van der Waals surface area contributed by atoms with Crippen LogP contribution >= 0.6 is 0 Å². The lowest BCUT2D eigenvalue weighted by atomic mass is 10.2. The predicted octanol–water partition coefficient (Wildman–Crippen LogP) is 3.50. The van der Waals surface area contributed by atoms with Crippen LogP contribution in [0.15, 0.2) is 65.8 Å². The van der Waals surface area contributed by atoms with E-state index in [1.807, 2.05) is 60.7 Å². The minimum Gasteiger partial charge on any atom is -0.237 e. The number of hydrogen-bond acceptors (Lipinski definition) is 2. The molecule has 2 aromatic rings. The highest BCUT2D eigenvalue weighted by Crippen LogP contribution is 2.04. The molecule has 1 heterocycles. The molecule has 16 heavy (non-hydrogen) atoms. The second-order valence-corrected chi connectivity index (χ2v) is 3.24. The molecule has 0 fully saturated rings. The van der Waals surface area contributed by atoms with Gasteiger partial charge in [-0.15, -0.1) is 0 Å². The normalized spacial score (nSPS) is 11.2. The van der Waals surface area contributed by atoms with Gasteiger partial charge >= 0.3 is 0 Å². The van der Waals surface area contributed by atoms with Gasteiger partial charge in [0, 0.05) is 12.4 Å². The summed E-state index contributed by atoms with van der Waals surface area (Å²) in [6.07, 6.45) is 7.39. The monoisotopic (exact) mass is 208 g/mol. The largest absolute Gasteiger partial charge is 0.237 e. The first-order valence-corrected chi connectivity index (χ1v) is 5.12. The zero-order valence-electron chi connectivity index (χ0n) is 8.82. The summed E-state index contributed by atoms with van der Waals surface area (Å²) in [4.78, 5) is 8.29. The summed E-state index contributed by atoms with van der Waals surface area (Å²) in [6.45, 7) is 0. The zero-order valence-corrected chi connectivity index (χ0v) is 8.82. The maximum Gasteiger partial charge on any atom is 0.151 e. The number of allylic oxidation sites excluding steroid dienone is 1. The number of hydrogen-bond donors (Lipinski definition) is 0. The molecule has 0 atom stereocenters. The third-order valence-corrected chi connectivity index (χ3v) is 2.03. The first-order valence-electron chi connectivity index (χ1n) is 5.12. The molecule has 2 heteroatoms. The summed E-state index contributed by atoms with van der Waals surface area (Å²) in [7, 11) is 0. The topological polar surface area (TPSA) is 25.2 Å². The Kier molecular flexibility index (Phi) is 3.61. The van der Waals surface area contributed by atoms with E-state index < -0.39 is 0 Å². The van der Waals surface area contributed by atoms with Gasteiger partial charge in [0.25, 0.3) is 0 Å². The van der Waals surface area contributed by atoms with Crippen LogP contribution in [0.1, 0.15) is 5.56 Å². The fourth-order valence-electron chi connectivity index (χ4n) is 1.27. The Morgan fingerprint density at radius 2 is 1.75 bits per heavy atom. The average Bonchev–Trinajstić information content (AvgIpc) is 2.37. The number of aromatic nitrogens is 1. The zero-order chi connectivity index (χ0) is 11.1. The van der Waals surface area contributed by atoms with E-state index >= 15 is 0 Å². The molecule has 0 radical (unpaired) electrons. The lowest BCUT2D eigenvalue weighted by molar-refractivity contribution is 1.28. The van der Waals surface area contributed by atoms with Crippen LogP contribution in [-0.4, -0.2) is 11.2 Å². The average molecular weight is 208 g/mol. The van der Waals surface area contributed by atoms with E-state index in [1.165, 1.54) is 0 Å². The minimum absolute atomic E-state index is 0.722. The van der Waals surface area contributed by atoms with Crippen LogP contribution in [0.5, 0.6) is 0 Å².